The van der Waals surface area contributed by atoms with Crippen LogP contribution in [-0.2, 0) is 11.2 Å². The van der Waals surface area contributed by atoms with Gasteiger partial charge >= 0.3 is 0 Å². The van der Waals surface area contributed by atoms with E-state index in [2.05, 4.69) is 38.1 Å². The zero-order chi connectivity index (χ0) is 22.3. The molecule has 0 spiro atoms. The molecule has 2 aliphatic carbocycles. The van der Waals surface area contributed by atoms with Gasteiger partial charge in [0.05, 0.1) is 11.8 Å². The Morgan fingerprint density at radius 2 is 1.97 bits per heavy atom. The minimum Gasteiger partial charge on any atom is -0.392 e. The van der Waals surface area contributed by atoms with Crippen molar-refractivity contribution in [2.75, 3.05) is 13.1 Å². The summed E-state index contributed by atoms with van der Waals surface area (Å²) in [5.41, 5.74) is 2.38. The van der Waals surface area contributed by atoms with Crippen molar-refractivity contribution >= 4 is 17.2 Å². The standard InChI is InChI=1S/C26H36N2O2S/c1-6-28(7-2)25(30)16(3)19-13-14-26(5)15-20-22(17(4)21(26)23(19)29)27-24(31-20)18-11-9-8-10-12-18/h8-12,16-17,19,21,23,29H,6-7,13-15H2,1-5H3. The number of thiazole rings is 1. The highest BCUT2D eigenvalue weighted by molar-refractivity contribution is 7.15. The van der Waals surface area contributed by atoms with Gasteiger partial charge in [0.15, 0.2) is 0 Å². The molecular weight excluding hydrogens is 404 g/mol. The van der Waals surface area contributed by atoms with Gasteiger partial charge in [-0.1, -0.05) is 51.1 Å². The topological polar surface area (TPSA) is 53.4 Å². The van der Waals surface area contributed by atoms with Gasteiger partial charge in [0, 0.05) is 35.4 Å². The molecule has 2 aliphatic rings. The Morgan fingerprint density at radius 3 is 2.61 bits per heavy atom. The number of nitrogens with zero attached hydrogens (tertiary/aromatic N) is 2. The molecule has 0 radical (unpaired) electrons. The van der Waals surface area contributed by atoms with E-state index in [-0.39, 0.29) is 35.0 Å². The third kappa shape index (κ3) is 3.84. The van der Waals surface area contributed by atoms with E-state index in [9.17, 15) is 9.90 Å². The molecule has 168 valence electrons. The van der Waals surface area contributed by atoms with Crippen molar-refractivity contribution in [3.8, 4) is 10.6 Å². The highest BCUT2D eigenvalue weighted by Gasteiger charge is 2.54. The Kier molecular flexibility index (Phi) is 6.28. The number of hydrogen-bond donors (Lipinski definition) is 1. The molecule has 1 amide bonds. The number of benzene rings is 1. The summed E-state index contributed by atoms with van der Waals surface area (Å²) in [5, 5.41) is 12.7. The van der Waals surface area contributed by atoms with Gasteiger partial charge in [0.1, 0.15) is 5.01 Å². The lowest BCUT2D eigenvalue weighted by molar-refractivity contribution is -0.144. The number of aromatic nitrogens is 1. The van der Waals surface area contributed by atoms with Crippen LogP contribution in [0.15, 0.2) is 30.3 Å². The lowest BCUT2D eigenvalue weighted by Gasteiger charge is -2.53. The Hall–Kier alpha value is -1.72. The Bertz CT molecular complexity index is 923. The molecule has 1 aromatic carbocycles. The fourth-order valence-corrected chi connectivity index (χ4v) is 7.63. The van der Waals surface area contributed by atoms with Crippen LogP contribution in [0.4, 0.5) is 0 Å². The van der Waals surface area contributed by atoms with Gasteiger partial charge in [-0.05, 0) is 50.4 Å². The molecule has 4 nitrogen and oxygen atoms in total. The van der Waals surface area contributed by atoms with Gasteiger partial charge in [-0.25, -0.2) is 4.98 Å². The first-order chi connectivity index (χ1) is 14.8. The molecule has 1 aromatic heterocycles. The molecule has 0 bridgehead atoms. The maximum atomic E-state index is 13.0. The van der Waals surface area contributed by atoms with Gasteiger partial charge in [0.2, 0.25) is 5.91 Å². The second-order valence-corrected chi connectivity index (χ2v) is 10.9. The van der Waals surface area contributed by atoms with Gasteiger partial charge in [-0.2, -0.15) is 0 Å². The molecule has 0 aliphatic heterocycles. The molecule has 6 atom stereocenters. The van der Waals surface area contributed by atoms with Crippen LogP contribution >= 0.6 is 11.3 Å². The summed E-state index contributed by atoms with van der Waals surface area (Å²) in [7, 11) is 0. The minimum atomic E-state index is -0.474. The normalized spacial score (nSPS) is 30.9. The molecule has 2 aromatic rings. The highest BCUT2D eigenvalue weighted by atomic mass is 32.1. The van der Waals surface area contributed by atoms with Crippen LogP contribution in [-0.4, -0.2) is 40.1 Å². The highest BCUT2D eigenvalue weighted by Crippen LogP contribution is 2.57. The number of fused-ring (bicyclic) bond motifs is 2. The molecule has 1 N–H and O–H groups in total. The van der Waals surface area contributed by atoms with E-state index in [4.69, 9.17) is 4.98 Å². The van der Waals surface area contributed by atoms with E-state index in [0.717, 1.165) is 43.1 Å². The number of amides is 1. The molecule has 1 fully saturated rings. The molecule has 1 saturated carbocycles. The molecule has 1 heterocycles. The number of rotatable bonds is 5. The molecule has 5 heteroatoms. The summed E-state index contributed by atoms with van der Waals surface area (Å²) in [4.78, 5) is 21.4. The number of aliphatic hydroxyl groups excluding tert-OH is 1. The average molecular weight is 441 g/mol. The van der Waals surface area contributed by atoms with Crippen molar-refractivity contribution < 1.29 is 9.90 Å². The van der Waals surface area contributed by atoms with Gasteiger partial charge in [-0.3, -0.25) is 4.79 Å². The zero-order valence-electron chi connectivity index (χ0n) is 19.5. The summed E-state index contributed by atoms with van der Waals surface area (Å²) in [5.74, 6) is 0.375. The smallest absolute Gasteiger partial charge is 0.225 e. The number of carbonyl (C=O) groups excluding carboxylic acids is 1. The predicted molar refractivity (Wildman–Crippen MR) is 127 cm³/mol. The molecular formula is C26H36N2O2S. The molecule has 4 rings (SSSR count). The van der Waals surface area contributed by atoms with Crippen LogP contribution in [0.2, 0.25) is 0 Å². The predicted octanol–water partition coefficient (Wildman–Crippen LogP) is 5.37. The lowest BCUT2D eigenvalue weighted by atomic mass is 9.53. The zero-order valence-corrected chi connectivity index (χ0v) is 20.3. The average Bonchev–Trinajstić information content (AvgIpc) is 3.18. The van der Waals surface area contributed by atoms with Crippen LogP contribution in [0.5, 0.6) is 0 Å². The van der Waals surface area contributed by atoms with Crippen LogP contribution < -0.4 is 0 Å². The SMILES string of the molecule is CCN(CC)C(=O)C(C)C1CCC2(C)Cc3sc(-c4ccccc4)nc3C(C)C2C1O. The summed E-state index contributed by atoms with van der Waals surface area (Å²) in [6, 6.07) is 10.4. The van der Waals surface area contributed by atoms with Gasteiger partial charge in [0.25, 0.3) is 0 Å². The molecule has 0 saturated heterocycles. The monoisotopic (exact) mass is 440 g/mol. The summed E-state index contributed by atoms with van der Waals surface area (Å²) in [6.07, 6.45) is 2.47. The van der Waals surface area contributed by atoms with Crippen molar-refractivity contribution in [1.82, 2.24) is 9.88 Å². The first-order valence-electron chi connectivity index (χ1n) is 11.8. The number of carbonyl (C=O) groups is 1. The summed E-state index contributed by atoms with van der Waals surface area (Å²) in [6.45, 7) is 12.1. The number of hydrogen-bond acceptors (Lipinski definition) is 4. The van der Waals surface area contributed by atoms with Crippen LogP contribution in [0.25, 0.3) is 10.6 Å². The minimum absolute atomic E-state index is 0.0161. The van der Waals surface area contributed by atoms with Crippen LogP contribution in [0.3, 0.4) is 0 Å². The summed E-state index contributed by atoms with van der Waals surface area (Å²) >= 11 is 1.82. The second-order valence-electron chi connectivity index (χ2n) is 9.83. The van der Waals surface area contributed by atoms with E-state index in [1.54, 1.807) is 0 Å². The fraction of sp³-hybridized carbons (Fsp3) is 0.615. The Balaban J connectivity index is 1.62. The maximum Gasteiger partial charge on any atom is 0.225 e. The van der Waals surface area contributed by atoms with Crippen molar-refractivity contribution in [2.45, 2.75) is 65.9 Å². The lowest BCUT2D eigenvalue weighted by Crippen LogP contribution is -2.53. The van der Waals surface area contributed by atoms with Crippen molar-refractivity contribution in [1.29, 1.82) is 0 Å². The second kappa shape index (κ2) is 8.67. The van der Waals surface area contributed by atoms with E-state index < -0.39 is 6.10 Å². The molecule has 6 unspecified atom stereocenters. The number of aliphatic hydroxyl groups is 1. The van der Waals surface area contributed by atoms with E-state index >= 15 is 0 Å². The molecule has 31 heavy (non-hydrogen) atoms. The quantitative estimate of drug-likeness (QED) is 0.680. The van der Waals surface area contributed by atoms with E-state index in [1.165, 1.54) is 10.4 Å². The Morgan fingerprint density at radius 1 is 1.29 bits per heavy atom. The van der Waals surface area contributed by atoms with Crippen LogP contribution in [0, 0.1) is 23.2 Å². The van der Waals surface area contributed by atoms with Gasteiger partial charge in [-0.15, -0.1) is 11.3 Å². The van der Waals surface area contributed by atoms with E-state index in [1.807, 2.05) is 43.1 Å². The van der Waals surface area contributed by atoms with Crippen molar-refractivity contribution in [3.05, 3.63) is 40.9 Å². The first kappa shape index (κ1) is 22.5. The summed E-state index contributed by atoms with van der Waals surface area (Å²) < 4.78 is 0. The third-order valence-electron chi connectivity index (χ3n) is 8.05. The van der Waals surface area contributed by atoms with E-state index in [0.29, 0.717) is 0 Å². The fourth-order valence-electron chi connectivity index (χ4n) is 6.26. The van der Waals surface area contributed by atoms with Crippen molar-refractivity contribution in [2.24, 2.45) is 23.2 Å². The maximum absolute atomic E-state index is 13.0. The van der Waals surface area contributed by atoms with Gasteiger partial charge < -0.3 is 10.0 Å². The first-order valence-corrected chi connectivity index (χ1v) is 12.6. The Labute approximate surface area is 190 Å². The van der Waals surface area contributed by atoms with Crippen molar-refractivity contribution in [3.63, 3.8) is 0 Å². The third-order valence-corrected chi connectivity index (χ3v) is 9.17. The van der Waals surface area contributed by atoms with Crippen LogP contribution in [0.1, 0.15) is 63.9 Å². The largest absolute Gasteiger partial charge is 0.392 e.